The maximum Gasteiger partial charge on any atom is 0.391 e. The van der Waals surface area contributed by atoms with Crippen LogP contribution in [0.1, 0.15) is 63.9 Å². The lowest BCUT2D eigenvalue weighted by molar-refractivity contribution is -0.187. The van der Waals surface area contributed by atoms with Crippen LogP contribution in [-0.2, 0) is 4.79 Å². The van der Waals surface area contributed by atoms with Gasteiger partial charge in [0.05, 0.1) is 11.4 Å². The van der Waals surface area contributed by atoms with Gasteiger partial charge in [0.2, 0.25) is 5.91 Å². The van der Waals surface area contributed by atoms with Crippen LogP contribution < -0.4 is 0 Å². The number of alkyl halides is 3. The van der Waals surface area contributed by atoms with E-state index in [4.69, 9.17) is 0 Å². The van der Waals surface area contributed by atoms with Crippen LogP contribution >= 0.6 is 0 Å². The molecule has 1 saturated heterocycles. The fourth-order valence-corrected chi connectivity index (χ4v) is 5.52. The normalized spacial score (nSPS) is 26.3. The van der Waals surface area contributed by atoms with Crippen LogP contribution in [0, 0.1) is 23.1 Å². The lowest BCUT2D eigenvalue weighted by Gasteiger charge is -2.44. The molecule has 1 aromatic heterocycles. The quantitative estimate of drug-likeness (QED) is 0.502. The van der Waals surface area contributed by atoms with Crippen LogP contribution in [-0.4, -0.2) is 35.1 Å². The van der Waals surface area contributed by atoms with Gasteiger partial charge in [0.25, 0.3) is 0 Å². The third kappa shape index (κ3) is 4.48. The molecule has 1 aliphatic heterocycles. The first-order valence-electron chi connectivity index (χ1n) is 11.5. The number of fused-ring (bicyclic) bond motifs is 1. The number of nitrogens with zero attached hydrogens (tertiary/aromatic N) is 2. The minimum atomic E-state index is -4.18. The van der Waals surface area contributed by atoms with Crippen molar-refractivity contribution in [3.63, 3.8) is 0 Å². The molecule has 2 fully saturated rings. The summed E-state index contributed by atoms with van der Waals surface area (Å²) in [6, 6.07) is 6.63. The minimum Gasteiger partial charge on any atom is -0.342 e. The molecule has 1 saturated carbocycles. The average molecular weight is 451 g/mol. The molecule has 4 rings (SSSR count). The number of halogens is 4. The van der Waals surface area contributed by atoms with Crippen molar-refractivity contribution in [2.75, 3.05) is 13.1 Å². The van der Waals surface area contributed by atoms with Gasteiger partial charge in [0.15, 0.2) is 0 Å². The Kier molecular flexibility index (Phi) is 6.21. The lowest BCUT2D eigenvalue weighted by Crippen LogP contribution is -2.47. The summed E-state index contributed by atoms with van der Waals surface area (Å²) in [6.45, 7) is 4.41. The van der Waals surface area contributed by atoms with Crippen molar-refractivity contribution >= 4 is 16.8 Å². The molecule has 1 amide bonds. The average Bonchev–Trinajstić information content (AvgIpc) is 2.78. The third-order valence-electron chi connectivity index (χ3n) is 7.99. The van der Waals surface area contributed by atoms with Gasteiger partial charge in [-0.3, -0.25) is 9.78 Å². The smallest absolute Gasteiger partial charge is 0.342 e. The highest BCUT2D eigenvalue weighted by atomic mass is 19.4. The SMILES string of the molecule is C[C@H](C(=O)N1CCC(C(F)(F)F)CC1)C1(C)CCC(c2ccnc3ccc(F)cc23)CC1. The Bertz CT molecular complexity index is 974. The molecule has 0 bridgehead atoms. The zero-order chi connectivity index (χ0) is 23.1. The van der Waals surface area contributed by atoms with Gasteiger partial charge >= 0.3 is 6.18 Å². The Morgan fingerprint density at radius 2 is 1.78 bits per heavy atom. The number of benzene rings is 1. The number of carbonyl (C=O) groups is 1. The maximum atomic E-state index is 13.8. The summed E-state index contributed by atoms with van der Waals surface area (Å²) in [5.74, 6) is -1.56. The fraction of sp³-hybridized carbons (Fsp3) is 0.600. The first kappa shape index (κ1) is 23.0. The van der Waals surface area contributed by atoms with E-state index < -0.39 is 12.1 Å². The Morgan fingerprint density at radius 3 is 2.41 bits per heavy atom. The van der Waals surface area contributed by atoms with Crippen molar-refractivity contribution in [1.82, 2.24) is 9.88 Å². The molecule has 2 aromatic rings. The topological polar surface area (TPSA) is 33.2 Å². The van der Waals surface area contributed by atoms with Crippen LogP contribution in [0.25, 0.3) is 10.9 Å². The maximum absolute atomic E-state index is 13.8. The zero-order valence-corrected chi connectivity index (χ0v) is 18.6. The van der Waals surface area contributed by atoms with E-state index in [1.54, 1.807) is 23.2 Å². The molecule has 0 radical (unpaired) electrons. The summed E-state index contributed by atoms with van der Waals surface area (Å²) < 4.78 is 52.7. The van der Waals surface area contributed by atoms with Gasteiger partial charge in [0, 0.05) is 30.6 Å². The lowest BCUT2D eigenvalue weighted by atomic mass is 9.63. The third-order valence-corrected chi connectivity index (χ3v) is 7.99. The Morgan fingerprint density at radius 1 is 1.12 bits per heavy atom. The number of rotatable bonds is 3. The monoisotopic (exact) mass is 450 g/mol. The van der Waals surface area contributed by atoms with E-state index in [2.05, 4.69) is 11.9 Å². The summed E-state index contributed by atoms with van der Waals surface area (Å²) in [6.07, 6.45) is 1.05. The van der Waals surface area contributed by atoms with Crippen LogP contribution in [0.5, 0.6) is 0 Å². The molecule has 0 N–H and O–H groups in total. The molecule has 0 unspecified atom stereocenters. The van der Waals surface area contributed by atoms with Crippen molar-refractivity contribution in [1.29, 1.82) is 0 Å². The van der Waals surface area contributed by atoms with Crippen molar-refractivity contribution in [2.45, 2.75) is 64.5 Å². The first-order valence-corrected chi connectivity index (χ1v) is 11.5. The van der Waals surface area contributed by atoms with E-state index in [-0.39, 0.29) is 54.9 Å². The number of likely N-dealkylation sites (tertiary alicyclic amines) is 1. The standard InChI is InChI=1S/C25H30F4N2O/c1-16(23(32)31-13-8-18(9-14-31)25(27,28)29)24(2)10-5-17(6-11-24)20-7-12-30-22-4-3-19(26)15-21(20)22/h3-4,7,12,15-18H,5-6,8-11,13-14H2,1-2H3/t16-,17?,24?/m1/s1. The zero-order valence-electron chi connectivity index (χ0n) is 18.6. The molecule has 1 atom stereocenters. The largest absolute Gasteiger partial charge is 0.391 e. The molecule has 32 heavy (non-hydrogen) atoms. The number of pyridine rings is 1. The van der Waals surface area contributed by atoms with Gasteiger partial charge in [-0.05, 0) is 79.7 Å². The van der Waals surface area contributed by atoms with E-state index in [1.807, 2.05) is 13.0 Å². The summed E-state index contributed by atoms with van der Waals surface area (Å²) >= 11 is 0. The van der Waals surface area contributed by atoms with Gasteiger partial charge in [-0.1, -0.05) is 13.8 Å². The predicted octanol–water partition coefficient (Wildman–Crippen LogP) is 6.47. The highest BCUT2D eigenvalue weighted by Gasteiger charge is 2.45. The van der Waals surface area contributed by atoms with E-state index in [0.29, 0.717) is 0 Å². The van der Waals surface area contributed by atoms with Crippen molar-refractivity contribution in [3.05, 3.63) is 41.8 Å². The van der Waals surface area contributed by atoms with Gasteiger partial charge in [-0.15, -0.1) is 0 Å². The van der Waals surface area contributed by atoms with Gasteiger partial charge in [-0.2, -0.15) is 13.2 Å². The van der Waals surface area contributed by atoms with Gasteiger partial charge in [0.1, 0.15) is 5.82 Å². The van der Waals surface area contributed by atoms with E-state index in [1.165, 1.54) is 6.07 Å². The second kappa shape index (κ2) is 8.64. The summed E-state index contributed by atoms with van der Waals surface area (Å²) in [7, 11) is 0. The van der Waals surface area contributed by atoms with Crippen LogP contribution in [0.15, 0.2) is 30.5 Å². The molecule has 3 nitrogen and oxygen atoms in total. The fourth-order valence-electron chi connectivity index (χ4n) is 5.52. The van der Waals surface area contributed by atoms with E-state index >= 15 is 0 Å². The summed E-state index contributed by atoms with van der Waals surface area (Å²) in [5.41, 5.74) is 1.69. The number of hydrogen-bond donors (Lipinski definition) is 0. The Hall–Kier alpha value is -2.18. The van der Waals surface area contributed by atoms with Gasteiger partial charge in [-0.25, -0.2) is 4.39 Å². The summed E-state index contributed by atoms with van der Waals surface area (Å²) in [4.78, 5) is 19.1. The highest BCUT2D eigenvalue weighted by molar-refractivity contribution is 5.82. The molecule has 2 heterocycles. The minimum absolute atomic E-state index is 0.00751. The van der Waals surface area contributed by atoms with E-state index in [0.717, 1.165) is 42.1 Å². The second-order valence-electron chi connectivity index (χ2n) is 9.85. The molecular weight excluding hydrogens is 420 g/mol. The van der Waals surface area contributed by atoms with Crippen LogP contribution in [0.4, 0.5) is 17.6 Å². The van der Waals surface area contributed by atoms with E-state index in [9.17, 15) is 22.4 Å². The molecule has 1 aromatic carbocycles. The van der Waals surface area contributed by atoms with Crippen LogP contribution in [0.3, 0.4) is 0 Å². The van der Waals surface area contributed by atoms with Crippen molar-refractivity contribution < 1.29 is 22.4 Å². The number of carbonyl (C=O) groups excluding carboxylic acids is 1. The second-order valence-corrected chi connectivity index (χ2v) is 9.85. The molecule has 2 aliphatic rings. The number of aromatic nitrogens is 1. The Balaban J connectivity index is 1.41. The number of hydrogen-bond acceptors (Lipinski definition) is 2. The first-order chi connectivity index (χ1) is 15.1. The predicted molar refractivity (Wildman–Crippen MR) is 116 cm³/mol. The van der Waals surface area contributed by atoms with Crippen molar-refractivity contribution in [3.8, 4) is 0 Å². The number of amides is 1. The van der Waals surface area contributed by atoms with Crippen LogP contribution in [0.2, 0.25) is 0 Å². The van der Waals surface area contributed by atoms with Gasteiger partial charge < -0.3 is 4.90 Å². The molecule has 174 valence electrons. The molecule has 0 spiro atoms. The molecule has 7 heteroatoms. The number of piperidine rings is 1. The molecule has 1 aliphatic carbocycles. The summed E-state index contributed by atoms with van der Waals surface area (Å²) in [5, 5.41) is 0.845. The molecular formula is C25H30F4N2O. The Labute approximate surface area is 186 Å². The van der Waals surface area contributed by atoms with Crippen molar-refractivity contribution in [2.24, 2.45) is 17.3 Å². The highest BCUT2D eigenvalue weighted by Crippen LogP contribution is 2.48.